The van der Waals surface area contributed by atoms with Gasteiger partial charge >= 0.3 is 0 Å². The van der Waals surface area contributed by atoms with Crippen LogP contribution in [0.25, 0.3) is 10.9 Å². The molecule has 1 unspecified atom stereocenters. The van der Waals surface area contributed by atoms with Crippen LogP contribution in [0.4, 0.5) is 0 Å². The van der Waals surface area contributed by atoms with Gasteiger partial charge in [0.05, 0.1) is 5.52 Å². The molecule has 1 aromatic carbocycles. The highest BCUT2D eigenvalue weighted by Crippen LogP contribution is 2.30. The Morgan fingerprint density at radius 1 is 1.24 bits per heavy atom. The molecular weight excluding hydrogens is 256 g/mol. The number of benzene rings is 1. The average molecular weight is 282 g/mol. The number of nitrogens with one attached hydrogen (secondary N) is 1. The Hall–Kier alpha value is -1.41. The fraction of sp³-hybridized carbons (Fsp3) is 0.526. The van der Waals surface area contributed by atoms with Crippen molar-refractivity contribution in [3.63, 3.8) is 0 Å². The summed E-state index contributed by atoms with van der Waals surface area (Å²) in [6.45, 7) is 7.65. The molecule has 1 aromatic heterocycles. The van der Waals surface area contributed by atoms with Gasteiger partial charge in [-0.25, -0.2) is 0 Å². The summed E-state index contributed by atoms with van der Waals surface area (Å²) in [5, 5.41) is 5.04. The molecule has 112 valence electrons. The first-order chi connectivity index (χ1) is 10.2. The van der Waals surface area contributed by atoms with Crippen LogP contribution in [0.5, 0.6) is 0 Å². The standard InChI is InChI=1S/C19H26N2/c1-4-14(3)20-12-17-15-9-5-6-11-18(15)21-19-13(2)8-7-10-16(17)19/h7-8,10,14,20H,4-6,9,11-12H2,1-3H3. The van der Waals surface area contributed by atoms with Crippen LogP contribution in [0.3, 0.4) is 0 Å². The number of aryl methyl sites for hydroxylation is 2. The molecule has 2 aromatic rings. The van der Waals surface area contributed by atoms with Gasteiger partial charge in [0.15, 0.2) is 0 Å². The number of para-hydroxylation sites is 1. The molecule has 1 aliphatic carbocycles. The van der Waals surface area contributed by atoms with Crippen molar-refractivity contribution in [1.29, 1.82) is 0 Å². The summed E-state index contributed by atoms with van der Waals surface area (Å²) >= 11 is 0. The molecule has 0 saturated heterocycles. The van der Waals surface area contributed by atoms with Crippen LogP contribution in [0, 0.1) is 6.92 Å². The third kappa shape index (κ3) is 2.82. The molecule has 1 aliphatic rings. The van der Waals surface area contributed by atoms with E-state index >= 15 is 0 Å². The monoisotopic (exact) mass is 282 g/mol. The van der Waals surface area contributed by atoms with Crippen molar-refractivity contribution in [2.45, 2.75) is 65.5 Å². The minimum Gasteiger partial charge on any atom is -0.310 e. The lowest BCUT2D eigenvalue weighted by atomic mass is 9.89. The van der Waals surface area contributed by atoms with Crippen LogP contribution >= 0.6 is 0 Å². The molecule has 0 bridgehead atoms. The number of fused-ring (bicyclic) bond motifs is 2. The molecule has 2 heteroatoms. The van der Waals surface area contributed by atoms with Gasteiger partial charge in [-0.1, -0.05) is 25.1 Å². The number of rotatable bonds is 4. The number of aromatic nitrogens is 1. The second kappa shape index (κ2) is 6.15. The van der Waals surface area contributed by atoms with Crippen LogP contribution in [0.1, 0.15) is 55.5 Å². The van der Waals surface area contributed by atoms with Crippen LogP contribution < -0.4 is 5.32 Å². The van der Waals surface area contributed by atoms with Crippen molar-refractivity contribution < 1.29 is 0 Å². The number of hydrogen-bond acceptors (Lipinski definition) is 2. The summed E-state index contributed by atoms with van der Waals surface area (Å²) in [5.41, 5.74) is 6.88. The zero-order valence-corrected chi connectivity index (χ0v) is 13.5. The normalized spacial score (nSPS) is 16.0. The molecule has 0 spiro atoms. The maximum atomic E-state index is 5.00. The second-order valence-electron chi connectivity index (χ2n) is 6.38. The first-order valence-corrected chi connectivity index (χ1v) is 8.34. The summed E-state index contributed by atoms with van der Waals surface area (Å²) in [5.74, 6) is 0. The Morgan fingerprint density at radius 2 is 2.05 bits per heavy atom. The SMILES string of the molecule is CCC(C)NCc1c2c(nc3c(C)cccc13)CCCC2. The van der Waals surface area contributed by atoms with E-state index in [1.807, 2.05) is 0 Å². The fourth-order valence-electron chi connectivity index (χ4n) is 3.31. The Labute approximate surface area is 128 Å². The smallest absolute Gasteiger partial charge is 0.0737 e. The largest absolute Gasteiger partial charge is 0.310 e. The van der Waals surface area contributed by atoms with Crippen molar-refractivity contribution in [3.05, 3.63) is 40.6 Å². The van der Waals surface area contributed by atoms with Crippen molar-refractivity contribution in [2.75, 3.05) is 0 Å². The molecule has 0 amide bonds. The lowest BCUT2D eigenvalue weighted by Gasteiger charge is -2.22. The molecular formula is C19H26N2. The van der Waals surface area contributed by atoms with Crippen LogP contribution in [-0.4, -0.2) is 11.0 Å². The van der Waals surface area contributed by atoms with Crippen LogP contribution in [-0.2, 0) is 19.4 Å². The Balaban J connectivity index is 2.11. The van der Waals surface area contributed by atoms with E-state index in [9.17, 15) is 0 Å². The Morgan fingerprint density at radius 3 is 2.86 bits per heavy atom. The van der Waals surface area contributed by atoms with Gasteiger partial charge < -0.3 is 5.32 Å². The van der Waals surface area contributed by atoms with Gasteiger partial charge in [0.25, 0.3) is 0 Å². The fourth-order valence-corrected chi connectivity index (χ4v) is 3.31. The van der Waals surface area contributed by atoms with Gasteiger partial charge in [0.2, 0.25) is 0 Å². The maximum Gasteiger partial charge on any atom is 0.0737 e. The first-order valence-electron chi connectivity index (χ1n) is 8.34. The van der Waals surface area contributed by atoms with Crippen molar-refractivity contribution in [3.8, 4) is 0 Å². The van der Waals surface area contributed by atoms with Gasteiger partial charge in [-0.15, -0.1) is 0 Å². The Bertz CT molecular complexity index is 646. The quantitative estimate of drug-likeness (QED) is 0.904. The van der Waals surface area contributed by atoms with E-state index in [2.05, 4.69) is 44.3 Å². The molecule has 0 saturated carbocycles. The highest BCUT2D eigenvalue weighted by atomic mass is 14.9. The van der Waals surface area contributed by atoms with E-state index in [-0.39, 0.29) is 0 Å². The average Bonchev–Trinajstić information content (AvgIpc) is 2.52. The van der Waals surface area contributed by atoms with Gasteiger partial charge in [0.1, 0.15) is 0 Å². The number of hydrogen-bond donors (Lipinski definition) is 1. The summed E-state index contributed by atoms with van der Waals surface area (Å²) in [6, 6.07) is 7.16. The van der Waals surface area contributed by atoms with Gasteiger partial charge in [-0.05, 0) is 62.6 Å². The molecule has 1 heterocycles. The van der Waals surface area contributed by atoms with Gasteiger partial charge in [-0.3, -0.25) is 4.98 Å². The summed E-state index contributed by atoms with van der Waals surface area (Å²) in [7, 11) is 0. The van der Waals surface area contributed by atoms with E-state index in [1.165, 1.54) is 59.0 Å². The topological polar surface area (TPSA) is 24.9 Å². The first kappa shape index (κ1) is 14.5. The lowest BCUT2D eigenvalue weighted by Crippen LogP contribution is -2.26. The Kier molecular flexibility index (Phi) is 4.25. The molecule has 3 rings (SSSR count). The summed E-state index contributed by atoms with van der Waals surface area (Å²) in [6.07, 6.45) is 6.11. The zero-order chi connectivity index (χ0) is 14.8. The van der Waals surface area contributed by atoms with E-state index < -0.39 is 0 Å². The zero-order valence-electron chi connectivity index (χ0n) is 13.5. The van der Waals surface area contributed by atoms with E-state index in [1.54, 1.807) is 0 Å². The minimum atomic E-state index is 0.567. The van der Waals surface area contributed by atoms with Crippen molar-refractivity contribution >= 4 is 10.9 Å². The molecule has 1 atom stereocenters. The lowest BCUT2D eigenvalue weighted by molar-refractivity contribution is 0.531. The number of pyridine rings is 1. The summed E-state index contributed by atoms with van der Waals surface area (Å²) in [4.78, 5) is 5.00. The van der Waals surface area contributed by atoms with E-state index in [4.69, 9.17) is 4.98 Å². The predicted octanol–water partition coefficient (Wildman–Crippen LogP) is 4.31. The van der Waals surface area contributed by atoms with Gasteiger partial charge in [0, 0.05) is 23.7 Å². The third-order valence-corrected chi connectivity index (χ3v) is 4.85. The number of nitrogens with zero attached hydrogens (tertiary/aromatic N) is 1. The van der Waals surface area contributed by atoms with E-state index in [0.717, 1.165) is 13.0 Å². The van der Waals surface area contributed by atoms with E-state index in [0.29, 0.717) is 6.04 Å². The minimum absolute atomic E-state index is 0.567. The molecule has 2 nitrogen and oxygen atoms in total. The highest BCUT2D eigenvalue weighted by Gasteiger charge is 2.18. The molecule has 1 N–H and O–H groups in total. The maximum absolute atomic E-state index is 5.00. The van der Waals surface area contributed by atoms with Crippen molar-refractivity contribution in [2.24, 2.45) is 0 Å². The van der Waals surface area contributed by atoms with Gasteiger partial charge in [-0.2, -0.15) is 0 Å². The second-order valence-corrected chi connectivity index (χ2v) is 6.38. The van der Waals surface area contributed by atoms with Crippen LogP contribution in [0.15, 0.2) is 18.2 Å². The van der Waals surface area contributed by atoms with Crippen LogP contribution in [0.2, 0.25) is 0 Å². The summed E-state index contributed by atoms with van der Waals surface area (Å²) < 4.78 is 0. The third-order valence-electron chi connectivity index (χ3n) is 4.85. The van der Waals surface area contributed by atoms with Crippen molar-refractivity contribution in [1.82, 2.24) is 10.3 Å². The molecule has 21 heavy (non-hydrogen) atoms. The molecule has 0 fully saturated rings. The predicted molar refractivity (Wildman–Crippen MR) is 89.7 cm³/mol. The molecule has 0 aliphatic heterocycles. The highest BCUT2D eigenvalue weighted by molar-refractivity contribution is 5.86. The molecule has 0 radical (unpaired) electrons.